The molecule has 0 fully saturated rings. The van der Waals surface area contributed by atoms with Crippen molar-refractivity contribution in [2.75, 3.05) is 12.4 Å². The Morgan fingerprint density at radius 1 is 1.36 bits per heavy atom. The molecule has 8 heteroatoms. The van der Waals surface area contributed by atoms with E-state index < -0.39 is 5.97 Å². The third-order valence-electron chi connectivity index (χ3n) is 3.44. The van der Waals surface area contributed by atoms with Crippen LogP contribution in [0.5, 0.6) is 0 Å². The molecule has 0 aliphatic rings. The van der Waals surface area contributed by atoms with E-state index in [4.69, 9.17) is 11.6 Å². The number of hydrogen-bond acceptors (Lipinski definition) is 5. The minimum absolute atomic E-state index is 0.172. The number of H-pyrrole nitrogens is 1. The Morgan fingerprint density at radius 2 is 2.16 bits per heavy atom. The van der Waals surface area contributed by atoms with Gasteiger partial charge in [-0.05, 0) is 17.7 Å². The Labute approximate surface area is 152 Å². The third kappa shape index (κ3) is 4.07. The SMILES string of the molecule is COC(=O)c1cc(-c2csc(NC(=O)Cc3ccccc3Cl)n2)c[nH]1. The number of amides is 1. The van der Waals surface area contributed by atoms with Crippen LogP contribution >= 0.6 is 22.9 Å². The number of methoxy groups -OCH3 is 1. The lowest BCUT2D eigenvalue weighted by Gasteiger charge is -2.03. The molecule has 3 aromatic rings. The molecule has 0 atom stereocenters. The van der Waals surface area contributed by atoms with Crippen molar-refractivity contribution in [3.63, 3.8) is 0 Å². The molecule has 2 N–H and O–H groups in total. The fourth-order valence-corrected chi connectivity index (χ4v) is 3.15. The number of carbonyl (C=O) groups is 2. The van der Waals surface area contributed by atoms with E-state index in [-0.39, 0.29) is 12.3 Å². The van der Waals surface area contributed by atoms with Crippen LogP contribution in [-0.4, -0.2) is 29.0 Å². The van der Waals surface area contributed by atoms with Gasteiger partial charge in [-0.15, -0.1) is 11.3 Å². The second kappa shape index (κ2) is 7.50. The standard InChI is InChI=1S/C17H14ClN3O3S/c1-24-16(23)13-6-11(8-19-13)14-9-25-17(20-14)21-15(22)7-10-4-2-3-5-12(10)18/h2-6,8-9,19H,7H2,1H3,(H,20,21,22). The Morgan fingerprint density at radius 3 is 2.92 bits per heavy atom. The van der Waals surface area contributed by atoms with E-state index in [2.05, 4.69) is 20.0 Å². The predicted octanol–water partition coefficient (Wildman–Crippen LogP) is 3.76. The molecule has 128 valence electrons. The van der Waals surface area contributed by atoms with Gasteiger partial charge in [0, 0.05) is 22.2 Å². The summed E-state index contributed by atoms with van der Waals surface area (Å²) < 4.78 is 4.65. The number of anilines is 1. The molecule has 0 spiro atoms. The van der Waals surface area contributed by atoms with Crippen LogP contribution in [0.1, 0.15) is 16.1 Å². The first-order valence-corrected chi connectivity index (χ1v) is 8.58. The highest BCUT2D eigenvalue weighted by Crippen LogP contribution is 2.26. The van der Waals surface area contributed by atoms with Crippen LogP contribution in [-0.2, 0) is 16.0 Å². The maximum atomic E-state index is 12.1. The van der Waals surface area contributed by atoms with Gasteiger partial charge in [-0.25, -0.2) is 9.78 Å². The van der Waals surface area contributed by atoms with Gasteiger partial charge in [-0.1, -0.05) is 29.8 Å². The van der Waals surface area contributed by atoms with Gasteiger partial charge in [-0.3, -0.25) is 4.79 Å². The summed E-state index contributed by atoms with van der Waals surface area (Å²) in [5.74, 6) is -0.645. The van der Waals surface area contributed by atoms with E-state index in [0.717, 1.165) is 11.1 Å². The number of halogens is 1. The highest BCUT2D eigenvalue weighted by molar-refractivity contribution is 7.14. The number of ether oxygens (including phenoxy) is 1. The quantitative estimate of drug-likeness (QED) is 0.665. The van der Waals surface area contributed by atoms with E-state index in [0.29, 0.717) is 21.5 Å². The number of carbonyl (C=O) groups excluding carboxylic acids is 2. The number of aromatic nitrogens is 2. The molecule has 6 nitrogen and oxygen atoms in total. The van der Waals surface area contributed by atoms with Gasteiger partial charge in [0.15, 0.2) is 5.13 Å². The van der Waals surface area contributed by atoms with Crippen molar-refractivity contribution in [2.24, 2.45) is 0 Å². The van der Waals surface area contributed by atoms with Gasteiger partial charge in [0.1, 0.15) is 5.69 Å². The van der Waals surface area contributed by atoms with E-state index in [9.17, 15) is 9.59 Å². The first kappa shape index (κ1) is 17.2. The summed E-state index contributed by atoms with van der Waals surface area (Å²) in [6.45, 7) is 0. The first-order chi connectivity index (χ1) is 12.1. The molecule has 0 saturated carbocycles. The van der Waals surface area contributed by atoms with E-state index >= 15 is 0 Å². The van der Waals surface area contributed by atoms with Crippen molar-refractivity contribution < 1.29 is 14.3 Å². The first-order valence-electron chi connectivity index (χ1n) is 7.32. The molecule has 0 aliphatic heterocycles. The second-order valence-electron chi connectivity index (χ2n) is 5.15. The zero-order valence-electron chi connectivity index (χ0n) is 13.2. The van der Waals surface area contributed by atoms with Gasteiger partial charge in [0.25, 0.3) is 0 Å². The molecule has 1 amide bonds. The van der Waals surface area contributed by atoms with Gasteiger partial charge < -0.3 is 15.0 Å². The summed E-state index contributed by atoms with van der Waals surface area (Å²) in [5.41, 5.74) is 2.49. The lowest BCUT2D eigenvalue weighted by atomic mass is 10.1. The molecule has 0 radical (unpaired) electrons. The summed E-state index contributed by atoms with van der Waals surface area (Å²) in [7, 11) is 1.32. The number of esters is 1. The highest BCUT2D eigenvalue weighted by Gasteiger charge is 2.13. The van der Waals surface area contributed by atoms with E-state index in [1.54, 1.807) is 23.7 Å². The van der Waals surface area contributed by atoms with Crippen molar-refractivity contribution in [1.82, 2.24) is 9.97 Å². The molecular weight excluding hydrogens is 362 g/mol. The third-order valence-corrected chi connectivity index (χ3v) is 4.57. The van der Waals surface area contributed by atoms with Crippen LogP contribution < -0.4 is 5.32 Å². The molecule has 2 heterocycles. The number of nitrogens with zero attached hydrogens (tertiary/aromatic N) is 1. The average Bonchev–Trinajstić information content (AvgIpc) is 3.25. The fourth-order valence-electron chi connectivity index (χ4n) is 2.21. The van der Waals surface area contributed by atoms with E-state index in [1.165, 1.54) is 18.4 Å². The number of benzene rings is 1. The minimum atomic E-state index is -0.449. The van der Waals surface area contributed by atoms with Crippen molar-refractivity contribution in [3.8, 4) is 11.3 Å². The van der Waals surface area contributed by atoms with Crippen LogP contribution in [0.4, 0.5) is 5.13 Å². The average molecular weight is 376 g/mol. The molecule has 25 heavy (non-hydrogen) atoms. The maximum Gasteiger partial charge on any atom is 0.354 e. The number of rotatable bonds is 5. The van der Waals surface area contributed by atoms with Crippen LogP contribution in [0.25, 0.3) is 11.3 Å². The normalized spacial score (nSPS) is 10.5. The van der Waals surface area contributed by atoms with Gasteiger partial charge in [0.05, 0.1) is 19.2 Å². The van der Waals surface area contributed by atoms with Crippen LogP contribution in [0, 0.1) is 0 Å². The van der Waals surface area contributed by atoms with Gasteiger partial charge >= 0.3 is 5.97 Å². The monoisotopic (exact) mass is 375 g/mol. The predicted molar refractivity (Wildman–Crippen MR) is 97.0 cm³/mol. The molecule has 0 bridgehead atoms. The summed E-state index contributed by atoms with van der Waals surface area (Å²) >= 11 is 7.37. The molecular formula is C17H14ClN3O3S. The molecule has 3 rings (SSSR count). The van der Waals surface area contributed by atoms with Crippen molar-refractivity contribution >= 4 is 39.9 Å². The zero-order valence-corrected chi connectivity index (χ0v) is 14.8. The summed E-state index contributed by atoms with van der Waals surface area (Å²) in [5, 5.41) is 5.59. The largest absolute Gasteiger partial charge is 0.464 e. The molecule has 0 unspecified atom stereocenters. The molecule has 0 saturated heterocycles. The molecule has 2 aromatic heterocycles. The van der Waals surface area contributed by atoms with Crippen LogP contribution in [0.15, 0.2) is 41.9 Å². The smallest absolute Gasteiger partial charge is 0.354 e. The number of thiazole rings is 1. The van der Waals surface area contributed by atoms with Crippen molar-refractivity contribution in [1.29, 1.82) is 0 Å². The van der Waals surface area contributed by atoms with E-state index in [1.807, 2.05) is 18.2 Å². The molecule has 0 aliphatic carbocycles. The molecule has 1 aromatic carbocycles. The zero-order chi connectivity index (χ0) is 17.8. The minimum Gasteiger partial charge on any atom is -0.464 e. The number of aromatic amines is 1. The number of nitrogens with one attached hydrogen (secondary N) is 2. The van der Waals surface area contributed by atoms with Crippen molar-refractivity contribution in [3.05, 3.63) is 58.2 Å². The lowest BCUT2D eigenvalue weighted by molar-refractivity contribution is -0.115. The highest BCUT2D eigenvalue weighted by atomic mass is 35.5. The summed E-state index contributed by atoms with van der Waals surface area (Å²) in [6, 6.07) is 8.85. The Hall–Kier alpha value is -2.64. The Balaban J connectivity index is 1.67. The van der Waals surface area contributed by atoms with Gasteiger partial charge in [-0.2, -0.15) is 0 Å². The lowest BCUT2D eigenvalue weighted by Crippen LogP contribution is -2.14. The maximum absolute atomic E-state index is 12.1. The fraction of sp³-hybridized carbons (Fsp3) is 0.118. The topological polar surface area (TPSA) is 84.1 Å². The van der Waals surface area contributed by atoms with Crippen LogP contribution in [0.3, 0.4) is 0 Å². The van der Waals surface area contributed by atoms with Crippen molar-refractivity contribution in [2.45, 2.75) is 6.42 Å². The Kier molecular flexibility index (Phi) is 5.16. The second-order valence-corrected chi connectivity index (χ2v) is 6.41. The van der Waals surface area contributed by atoms with Crippen LogP contribution in [0.2, 0.25) is 5.02 Å². The van der Waals surface area contributed by atoms with Gasteiger partial charge in [0.2, 0.25) is 5.91 Å². The summed E-state index contributed by atoms with van der Waals surface area (Å²) in [4.78, 5) is 30.8. The Bertz CT molecular complexity index is 919. The number of hydrogen-bond donors (Lipinski definition) is 2. The summed E-state index contributed by atoms with van der Waals surface area (Å²) in [6.07, 6.45) is 1.84.